The third kappa shape index (κ3) is 3.82. The van der Waals surface area contributed by atoms with Crippen LogP contribution in [0, 0.1) is 5.92 Å². The van der Waals surface area contributed by atoms with E-state index in [1.54, 1.807) is 0 Å². The second kappa shape index (κ2) is 9.65. The van der Waals surface area contributed by atoms with Gasteiger partial charge in [-0.3, -0.25) is 0 Å². The molecule has 1 unspecified atom stereocenters. The third-order valence-corrected chi connectivity index (χ3v) is 9.23. The van der Waals surface area contributed by atoms with Crippen LogP contribution in [0.2, 0.25) is 0 Å². The average molecular weight is 513 g/mol. The zero-order chi connectivity index (χ0) is 26.5. The van der Waals surface area contributed by atoms with Gasteiger partial charge in [-0.2, -0.15) is 0 Å². The molecule has 0 heteroatoms. The molecule has 8 rings (SSSR count). The van der Waals surface area contributed by atoms with Gasteiger partial charge in [-0.05, 0) is 109 Å². The molecule has 192 valence electrons. The monoisotopic (exact) mass is 512 g/mol. The summed E-state index contributed by atoms with van der Waals surface area (Å²) in [6.07, 6.45) is 17.6. The van der Waals surface area contributed by atoms with Crippen molar-refractivity contribution < 1.29 is 0 Å². The Morgan fingerprint density at radius 1 is 0.575 bits per heavy atom. The topological polar surface area (TPSA) is 0 Å². The Kier molecular flexibility index (Phi) is 5.66. The lowest BCUT2D eigenvalue weighted by Crippen LogP contribution is -2.29. The van der Waals surface area contributed by atoms with Gasteiger partial charge in [0.25, 0.3) is 0 Å². The molecule has 0 aromatic heterocycles. The van der Waals surface area contributed by atoms with Gasteiger partial charge in [-0.1, -0.05) is 127 Å². The molecule has 0 spiro atoms. The van der Waals surface area contributed by atoms with Crippen LogP contribution in [0.1, 0.15) is 43.2 Å². The number of hydrogen-bond donors (Lipinski definition) is 0. The number of benzene rings is 5. The molecule has 3 aliphatic carbocycles. The standard InChI is InChI=1S/C40H32/c1-2-12-31-26-32(25-20-27(31)10-1)40-37-17-7-5-15-35(37)39(36-16-6-8-18-38(36)40)30-23-21-29(22-24-30)34-19-9-13-28-11-3-4-14-33(28)34/h1,3-8,10-11,13-18,20-25,31H,2,9,12,19,26H2. The molecule has 0 N–H and O–H groups in total. The van der Waals surface area contributed by atoms with E-state index in [9.17, 15) is 0 Å². The molecule has 40 heavy (non-hydrogen) atoms. The summed E-state index contributed by atoms with van der Waals surface area (Å²) < 4.78 is 0. The van der Waals surface area contributed by atoms with Gasteiger partial charge in [0.2, 0.25) is 0 Å². The second-order valence-electron chi connectivity index (χ2n) is 11.5. The summed E-state index contributed by atoms with van der Waals surface area (Å²) in [7, 11) is 0. The van der Waals surface area contributed by atoms with Crippen molar-refractivity contribution in [1.82, 2.24) is 0 Å². The first-order valence-corrected chi connectivity index (χ1v) is 14.8. The summed E-state index contributed by atoms with van der Waals surface area (Å²) in [6, 6.07) is 36.3. The van der Waals surface area contributed by atoms with Crippen LogP contribution in [0.4, 0.5) is 0 Å². The zero-order valence-corrected chi connectivity index (χ0v) is 22.7. The van der Waals surface area contributed by atoms with E-state index >= 15 is 0 Å². The van der Waals surface area contributed by atoms with E-state index in [0.717, 1.165) is 19.3 Å². The number of rotatable bonds is 3. The average Bonchev–Trinajstić information content (AvgIpc) is 3.03. The summed E-state index contributed by atoms with van der Waals surface area (Å²) in [6.45, 7) is 0. The van der Waals surface area contributed by atoms with Gasteiger partial charge in [-0.15, -0.1) is 0 Å². The summed E-state index contributed by atoms with van der Waals surface area (Å²) in [5.74, 6) is 0.634. The van der Waals surface area contributed by atoms with Crippen LogP contribution >= 0.6 is 0 Å². The van der Waals surface area contributed by atoms with Gasteiger partial charge in [0.1, 0.15) is 0 Å². The predicted molar refractivity (Wildman–Crippen MR) is 171 cm³/mol. The molecular formula is C40H32. The van der Waals surface area contributed by atoms with Crippen molar-refractivity contribution in [3.8, 4) is 11.1 Å². The number of hydrogen-bond acceptors (Lipinski definition) is 0. The molecular weight excluding hydrogens is 480 g/mol. The first kappa shape index (κ1) is 23.5. The van der Waals surface area contributed by atoms with E-state index in [2.05, 4.69) is 127 Å². The lowest BCUT2D eigenvalue weighted by molar-refractivity contribution is 0.573. The fraction of sp³-hybridized carbons (Fsp3) is 0.150. The highest BCUT2D eigenvalue weighted by Crippen LogP contribution is 2.45. The molecule has 0 saturated carbocycles. The molecule has 0 radical (unpaired) electrons. The van der Waals surface area contributed by atoms with E-state index in [1.165, 1.54) is 83.8 Å². The van der Waals surface area contributed by atoms with Crippen LogP contribution in [0.3, 0.4) is 0 Å². The molecule has 5 aromatic rings. The van der Waals surface area contributed by atoms with Crippen molar-refractivity contribution in [2.75, 3.05) is 0 Å². The highest BCUT2D eigenvalue weighted by atomic mass is 14.3. The zero-order valence-electron chi connectivity index (χ0n) is 22.7. The lowest BCUT2D eigenvalue weighted by Gasteiger charge is -2.27. The maximum absolute atomic E-state index is 2.39. The largest absolute Gasteiger partial charge is 0.0842 e. The van der Waals surface area contributed by atoms with Crippen molar-refractivity contribution in [2.24, 2.45) is 5.92 Å². The van der Waals surface area contributed by atoms with Crippen molar-refractivity contribution >= 4 is 38.8 Å². The van der Waals surface area contributed by atoms with E-state index in [4.69, 9.17) is 0 Å². The lowest BCUT2D eigenvalue weighted by atomic mass is 9.77. The maximum atomic E-state index is 2.39. The van der Waals surface area contributed by atoms with E-state index in [0.29, 0.717) is 5.92 Å². The van der Waals surface area contributed by atoms with Gasteiger partial charge in [0.05, 0.1) is 0 Å². The summed E-state index contributed by atoms with van der Waals surface area (Å²) in [5.41, 5.74) is 9.82. The minimum atomic E-state index is 0.634. The number of fused-ring (bicyclic) bond motifs is 4. The van der Waals surface area contributed by atoms with E-state index in [-0.39, 0.29) is 0 Å². The van der Waals surface area contributed by atoms with Gasteiger partial charge >= 0.3 is 0 Å². The fourth-order valence-corrected chi connectivity index (χ4v) is 7.33. The molecule has 1 atom stereocenters. The molecule has 5 aromatic carbocycles. The Bertz CT molecular complexity index is 1950. The van der Waals surface area contributed by atoms with Gasteiger partial charge in [-0.25, -0.2) is 0 Å². The Balaban J connectivity index is 1.32. The van der Waals surface area contributed by atoms with Crippen LogP contribution in [0.15, 0.2) is 127 Å². The Hall–Kier alpha value is -4.42. The highest BCUT2D eigenvalue weighted by molar-refractivity contribution is 6.18. The van der Waals surface area contributed by atoms with Crippen molar-refractivity contribution in [1.29, 1.82) is 0 Å². The summed E-state index contributed by atoms with van der Waals surface area (Å²) in [4.78, 5) is 0. The van der Waals surface area contributed by atoms with Gasteiger partial charge < -0.3 is 0 Å². The van der Waals surface area contributed by atoms with Crippen LogP contribution in [-0.2, 0) is 0 Å². The Morgan fingerprint density at radius 2 is 1.23 bits per heavy atom. The molecule has 0 nitrogen and oxygen atoms in total. The summed E-state index contributed by atoms with van der Waals surface area (Å²) in [5, 5.41) is 8.15. The van der Waals surface area contributed by atoms with Crippen LogP contribution < -0.4 is 10.4 Å². The molecule has 0 fully saturated rings. The Morgan fingerprint density at radius 3 is 1.98 bits per heavy atom. The minimum absolute atomic E-state index is 0.634. The van der Waals surface area contributed by atoms with Crippen molar-refractivity contribution in [2.45, 2.75) is 32.1 Å². The third-order valence-electron chi connectivity index (χ3n) is 9.23. The quantitative estimate of drug-likeness (QED) is 0.211. The number of allylic oxidation sites excluding steroid dienone is 6. The first-order chi connectivity index (χ1) is 19.8. The highest BCUT2D eigenvalue weighted by Gasteiger charge is 2.24. The van der Waals surface area contributed by atoms with Gasteiger partial charge in [0, 0.05) is 0 Å². The van der Waals surface area contributed by atoms with Gasteiger partial charge in [0.15, 0.2) is 0 Å². The van der Waals surface area contributed by atoms with E-state index in [1.807, 2.05) is 0 Å². The molecule has 0 bridgehead atoms. The predicted octanol–water partition coefficient (Wildman–Crippen LogP) is 9.11. The van der Waals surface area contributed by atoms with E-state index < -0.39 is 0 Å². The second-order valence-corrected chi connectivity index (χ2v) is 11.5. The molecule has 0 aliphatic heterocycles. The molecule has 0 amide bonds. The van der Waals surface area contributed by atoms with Crippen LogP contribution in [0.25, 0.3) is 49.9 Å². The van der Waals surface area contributed by atoms with Crippen LogP contribution in [0.5, 0.6) is 0 Å². The Labute approximate surface area is 236 Å². The maximum Gasteiger partial charge on any atom is -0.00264 e. The molecule has 0 saturated heterocycles. The SMILES string of the molecule is C1=CC2=CC=C(c3c4ccccc4c(-c4ccc(C5=c6ccccc6=CCC5)cc4)c4ccccc34)CC2CC1. The summed E-state index contributed by atoms with van der Waals surface area (Å²) >= 11 is 0. The van der Waals surface area contributed by atoms with Crippen LogP contribution in [-0.4, -0.2) is 0 Å². The smallest absolute Gasteiger partial charge is 0.00264 e. The first-order valence-electron chi connectivity index (χ1n) is 14.8. The fourth-order valence-electron chi connectivity index (χ4n) is 7.33. The molecule has 3 aliphatic rings. The minimum Gasteiger partial charge on any atom is -0.0842 e. The molecule has 0 heterocycles. The normalized spacial score (nSPS) is 18.1. The van der Waals surface area contributed by atoms with Crippen molar-refractivity contribution in [3.05, 3.63) is 149 Å². The van der Waals surface area contributed by atoms with Crippen molar-refractivity contribution in [3.63, 3.8) is 0 Å².